The molecule has 1 N–H and O–H groups in total. The Balaban J connectivity index is 2.07. The fraction of sp³-hybridized carbons (Fsp3) is 0.611. The normalized spacial score (nSPS) is 16.0. The Hall–Kier alpha value is -1.39. The Labute approximate surface area is 133 Å². The highest BCUT2D eigenvalue weighted by Gasteiger charge is 2.18. The number of carbonyl (C=O) groups is 1. The molecule has 0 saturated carbocycles. The number of ether oxygens (including phenoxy) is 1. The number of carbonyl (C=O) groups excluding carboxylic acids is 1. The first kappa shape index (κ1) is 17.0. The van der Waals surface area contributed by atoms with Crippen LogP contribution in [0.15, 0.2) is 12.1 Å². The van der Waals surface area contributed by atoms with Crippen molar-refractivity contribution in [2.24, 2.45) is 5.92 Å². The number of hydrogen-bond acceptors (Lipinski definition) is 4. The van der Waals surface area contributed by atoms with Crippen LogP contribution in [0.3, 0.4) is 0 Å². The second kappa shape index (κ2) is 7.75. The van der Waals surface area contributed by atoms with E-state index in [1.54, 1.807) is 0 Å². The lowest BCUT2D eigenvalue weighted by Gasteiger charge is -2.26. The fourth-order valence-corrected chi connectivity index (χ4v) is 2.67. The molecule has 4 heteroatoms. The third-order valence-electron chi connectivity index (χ3n) is 4.19. The summed E-state index contributed by atoms with van der Waals surface area (Å²) in [6.07, 6.45) is 0. The van der Waals surface area contributed by atoms with Gasteiger partial charge in [-0.1, -0.05) is 13.8 Å². The van der Waals surface area contributed by atoms with Gasteiger partial charge in [0.1, 0.15) is 5.75 Å². The van der Waals surface area contributed by atoms with E-state index >= 15 is 0 Å². The van der Waals surface area contributed by atoms with E-state index in [0.29, 0.717) is 19.1 Å². The second-order valence-electron chi connectivity index (χ2n) is 6.52. The largest absolute Gasteiger partial charge is 0.493 e. The molecule has 1 aliphatic heterocycles. The summed E-state index contributed by atoms with van der Waals surface area (Å²) in [6, 6.07) is 3.86. The van der Waals surface area contributed by atoms with E-state index in [1.165, 1.54) is 0 Å². The van der Waals surface area contributed by atoms with Gasteiger partial charge in [0.25, 0.3) is 0 Å². The van der Waals surface area contributed by atoms with E-state index in [2.05, 4.69) is 24.1 Å². The average molecular weight is 304 g/mol. The van der Waals surface area contributed by atoms with Gasteiger partial charge in [0.15, 0.2) is 5.78 Å². The van der Waals surface area contributed by atoms with Crippen LogP contribution in [0.5, 0.6) is 5.75 Å². The predicted molar refractivity (Wildman–Crippen MR) is 89.9 cm³/mol. The van der Waals surface area contributed by atoms with Crippen LogP contribution in [0.2, 0.25) is 0 Å². The highest BCUT2D eigenvalue weighted by molar-refractivity contribution is 5.99. The SMILES string of the molecule is Cc1c(OCC(C)C)ccc(C(=O)CN2CCNCC2)c1C. The van der Waals surface area contributed by atoms with Gasteiger partial charge in [-0.2, -0.15) is 0 Å². The quantitative estimate of drug-likeness (QED) is 0.820. The lowest BCUT2D eigenvalue weighted by atomic mass is 9.99. The highest BCUT2D eigenvalue weighted by Crippen LogP contribution is 2.25. The molecule has 0 spiro atoms. The summed E-state index contributed by atoms with van der Waals surface area (Å²) in [6.45, 7) is 13.3. The maximum atomic E-state index is 12.6. The number of benzene rings is 1. The van der Waals surface area contributed by atoms with Crippen LogP contribution in [-0.4, -0.2) is 50.0 Å². The van der Waals surface area contributed by atoms with Crippen molar-refractivity contribution in [1.82, 2.24) is 10.2 Å². The Kier molecular flexibility index (Phi) is 5.98. The zero-order chi connectivity index (χ0) is 16.1. The van der Waals surface area contributed by atoms with Crippen molar-refractivity contribution in [3.8, 4) is 5.75 Å². The minimum absolute atomic E-state index is 0.206. The summed E-state index contributed by atoms with van der Waals surface area (Å²) in [7, 11) is 0. The summed E-state index contributed by atoms with van der Waals surface area (Å²) in [5.41, 5.74) is 2.95. The summed E-state index contributed by atoms with van der Waals surface area (Å²) >= 11 is 0. The second-order valence-corrected chi connectivity index (χ2v) is 6.52. The Morgan fingerprint density at radius 2 is 1.91 bits per heavy atom. The molecule has 1 fully saturated rings. The molecule has 1 saturated heterocycles. The highest BCUT2D eigenvalue weighted by atomic mass is 16.5. The van der Waals surface area contributed by atoms with E-state index < -0.39 is 0 Å². The molecule has 2 rings (SSSR count). The third kappa shape index (κ3) is 4.31. The Morgan fingerprint density at radius 1 is 1.23 bits per heavy atom. The van der Waals surface area contributed by atoms with Crippen molar-refractivity contribution in [2.45, 2.75) is 27.7 Å². The minimum Gasteiger partial charge on any atom is -0.493 e. The van der Waals surface area contributed by atoms with Gasteiger partial charge < -0.3 is 10.1 Å². The Morgan fingerprint density at radius 3 is 2.55 bits per heavy atom. The number of hydrogen-bond donors (Lipinski definition) is 1. The fourth-order valence-electron chi connectivity index (χ4n) is 2.67. The maximum Gasteiger partial charge on any atom is 0.177 e. The average Bonchev–Trinajstić information content (AvgIpc) is 2.49. The number of nitrogens with one attached hydrogen (secondary N) is 1. The van der Waals surface area contributed by atoms with Crippen LogP contribution in [0.1, 0.15) is 35.3 Å². The number of Topliss-reactive ketones (excluding diaryl/α,β-unsaturated/α-hetero) is 1. The van der Waals surface area contributed by atoms with Gasteiger partial charge in [0, 0.05) is 31.7 Å². The summed E-state index contributed by atoms with van der Waals surface area (Å²) in [5.74, 6) is 1.59. The van der Waals surface area contributed by atoms with E-state index in [9.17, 15) is 4.79 Å². The third-order valence-corrected chi connectivity index (χ3v) is 4.19. The Bertz CT molecular complexity index is 520. The smallest absolute Gasteiger partial charge is 0.177 e. The van der Waals surface area contributed by atoms with E-state index in [4.69, 9.17) is 4.74 Å². The lowest BCUT2D eigenvalue weighted by Crippen LogP contribution is -2.45. The molecule has 0 radical (unpaired) electrons. The summed E-state index contributed by atoms with van der Waals surface area (Å²) in [4.78, 5) is 14.8. The molecule has 0 aliphatic carbocycles. The predicted octanol–water partition coefficient (Wildman–Crippen LogP) is 2.43. The maximum absolute atomic E-state index is 12.6. The molecule has 122 valence electrons. The minimum atomic E-state index is 0.206. The van der Waals surface area contributed by atoms with Crippen molar-refractivity contribution >= 4 is 5.78 Å². The van der Waals surface area contributed by atoms with Gasteiger partial charge in [0.2, 0.25) is 0 Å². The molecule has 0 unspecified atom stereocenters. The van der Waals surface area contributed by atoms with Crippen LogP contribution >= 0.6 is 0 Å². The standard InChI is InChI=1S/C18H28N2O2/c1-13(2)12-22-18-6-5-16(14(3)15(18)4)17(21)11-20-9-7-19-8-10-20/h5-6,13,19H,7-12H2,1-4H3. The summed E-state index contributed by atoms with van der Waals surface area (Å²) in [5, 5.41) is 3.31. The molecule has 0 aromatic heterocycles. The molecule has 0 amide bonds. The van der Waals surface area contributed by atoms with Crippen molar-refractivity contribution < 1.29 is 9.53 Å². The monoisotopic (exact) mass is 304 g/mol. The van der Waals surface area contributed by atoms with E-state index in [-0.39, 0.29) is 5.78 Å². The number of ketones is 1. The van der Waals surface area contributed by atoms with Crippen molar-refractivity contribution in [3.63, 3.8) is 0 Å². The molecule has 22 heavy (non-hydrogen) atoms. The van der Waals surface area contributed by atoms with Crippen molar-refractivity contribution in [1.29, 1.82) is 0 Å². The topological polar surface area (TPSA) is 41.6 Å². The molecule has 1 aromatic rings. The van der Waals surface area contributed by atoms with Gasteiger partial charge in [0.05, 0.1) is 13.2 Å². The number of nitrogens with zero attached hydrogens (tertiary/aromatic N) is 1. The van der Waals surface area contributed by atoms with Crippen molar-refractivity contribution in [3.05, 3.63) is 28.8 Å². The van der Waals surface area contributed by atoms with Gasteiger partial charge in [-0.05, 0) is 43.0 Å². The molecule has 0 atom stereocenters. The molecular formula is C18H28N2O2. The summed E-state index contributed by atoms with van der Waals surface area (Å²) < 4.78 is 5.83. The number of piperazine rings is 1. The van der Waals surface area contributed by atoms with E-state index in [1.807, 2.05) is 26.0 Å². The number of rotatable bonds is 6. The van der Waals surface area contributed by atoms with Gasteiger partial charge >= 0.3 is 0 Å². The van der Waals surface area contributed by atoms with E-state index in [0.717, 1.165) is 48.6 Å². The van der Waals surface area contributed by atoms with Crippen LogP contribution in [-0.2, 0) is 0 Å². The first-order chi connectivity index (χ1) is 10.5. The molecule has 4 nitrogen and oxygen atoms in total. The first-order valence-corrected chi connectivity index (χ1v) is 8.18. The van der Waals surface area contributed by atoms with Crippen LogP contribution in [0.25, 0.3) is 0 Å². The molecular weight excluding hydrogens is 276 g/mol. The lowest BCUT2D eigenvalue weighted by molar-refractivity contribution is 0.0920. The van der Waals surface area contributed by atoms with Crippen molar-refractivity contribution in [2.75, 3.05) is 39.3 Å². The first-order valence-electron chi connectivity index (χ1n) is 8.18. The van der Waals surface area contributed by atoms with Gasteiger partial charge in [-0.25, -0.2) is 0 Å². The van der Waals surface area contributed by atoms with Crippen LogP contribution in [0.4, 0.5) is 0 Å². The zero-order valence-electron chi connectivity index (χ0n) is 14.2. The zero-order valence-corrected chi connectivity index (χ0v) is 14.2. The molecule has 0 bridgehead atoms. The van der Waals surface area contributed by atoms with Crippen LogP contribution < -0.4 is 10.1 Å². The molecule has 1 aromatic carbocycles. The van der Waals surface area contributed by atoms with Crippen LogP contribution in [0, 0.1) is 19.8 Å². The molecule has 1 aliphatic rings. The van der Waals surface area contributed by atoms with Gasteiger partial charge in [-0.15, -0.1) is 0 Å². The molecule has 1 heterocycles. The van der Waals surface area contributed by atoms with Gasteiger partial charge in [-0.3, -0.25) is 9.69 Å².